The van der Waals surface area contributed by atoms with E-state index in [0.29, 0.717) is 10.7 Å². The van der Waals surface area contributed by atoms with E-state index in [4.69, 9.17) is 11.6 Å². The third-order valence-electron chi connectivity index (χ3n) is 2.74. The highest BCUT2D eigenvalue weighted by Crippen LogP contribution is 2.17. The third-order valence-corrected chi connectivity index (χ3v) is 2.97. The van der Waals surface area contributed by atoms with E-state index in [2.05, 4.69) is 0 Å². The van der Waals surface area contributed by atoms with Crippen LogP contribution >= 0.6 is 11.6 Å². The van der Waals surface area contributed by atoms with Crippen LogP contribution in [0.5, 0.6) is 0 Å². The molecule has 0 N–H and O–H groups in total. The predicted octanol–water partition coefficient (Wildman–Crippen LogP) is 3.67. The number of benzene rings is 2. The van der Waals surface area contributed by atoms with Gasteiger partial charge in [0.15, 0.2) is 6.21 Å². The Kier molecular flexibility index (Phi) is 4.07. The van der Waals surface area contributed by atoms with Crippen molar-refractivity contribution in [2.45, 2.75) is 0 Å². The maximum Gasteiger partial charge on any atom is 0.217 e. The highest BCUT2D eigenvalue weighted by Gasteiger charge is 2.03. The second-order valence-electron chi connectivity index (χ2n) is 4.42. The first kappa shape index (κ1) is 13.4. The minimum atomic E-state index is 0.518. The van der Waals surface area contributed by atoms with Crippen LogP contribution in [0.3, 0.4) is 0 Å². The van der Waals surface area contributed by atoms with Gasteiger partial charge in [0.05, 0.1) is 0 Å². The molecule has 0 aromatic heterocycles. The summed E-state index contributed by atoms with van der Waals surface area (Å²) in [6, 6.07) is 14.6. The van der Waals surface area contributed by atoms with Gasteiger partial charge >= 0.3 is 0 Å². The van der Waals surface area contributed by atoms with Crippen LogP contribution in [0.2, 0.25) is 5.02 Å². The zero-order chi connectivity index (χ0) is 13.8. The van der Waals surface area contributed by atoms with Crippen molar-refractivity contribution in [3.05, 3.63) is 64.3 Å². The molecule has 0 unspecified atom stereocenters. The van der Waals surface area contributed by atoms with Gasteiger partial charge in [0.25, 0.3) is 0 Å². The number of rotatable bonds is 3. The molecule has 2 rings (SSSR count). The Bertz CT molecular complexity index is 591. The van der Waals surface area contributed by atoms with Gasteiger partial charge in [-0.3, -0.25) is 0 Å². The smallest absolute Gasteiger partial charge is 0.217 e. The number of halogens is 1. The predicted molar refractivity (Wildman–Crippen MR) is 80.7 cm³/mol. The lowest BCUT2D eigenvalue weighted by molar-refractivity contribution is -0.354. The molecule has 0 aliphatic rings. The summed E-state index contributed by atoms with van der Waals surface area (Å²) in [6.45, 7) is 0. The molecule has 0 heterocycles. The largest absolute Gasteiger partial charge is 0.618 e. The summed E-state index contributed by atoms with van der Waals surface area (Å²) in [4.78, 5) is 2.01. The fourth-order valence-electron chi connectivity index (χ4n) is 1.68. The van der Waals surface area contributed by atoms with E-state index in [1.165, 1.54) is 6.21 Å². The van der Waals surface area contributed by atoms with Crippen LogP contribution in [0, 0.1) is 5.21 Å². The molecular formula is C15H15ClN2O. The van der Waals surface area contributed by atoms with E-state index in [1.807, 2.05) is 43.3 Å². The fraction of sp³-hybridized carbons (Fsp3) is 0.133. The van der Waals surface area contributed by atoms with E-state index in [-0.39, 0.29) is 0 Å². The van der Waals surface area contributed by atoms with Crippen LogP contribution in [0.25, 0.3) is 0 Å². The Morgan fingerprint density at radius 3 is 2.37 bits per heavy atom. The zero-order valence-corrected chi connectivity index (χ0v) is 11.6. The molecule has 0 saturated heterocycles. The van der Waals surface area contributed by atoms with E-state index >= 15 is 0 Å². The molecule has 0 aliphatic carbocycles. The number of hydrogen-bond acceptors (Lipinski definition) is 2. The van der Waals surface area contributed by atoms with Crippen LogP contribution in [0.1, 0.15) is 5.56 Å². The van der Waals surface area contributed by atoms with Crippen molar-refractivity contribution in [3.63, 3.8) is 0 Å². The van der Waals surface area contributed by atoms with E-state index in [1.54, 1.807) is 24.3 Å². The second-order valence-corrected chi connectivity index (χ2v) is 4.86. The molecule has 3 nitrogen and oxygen atoms in total. The number of hydrogen-bond donors (Lipinski definition) is 0. The Hall–Kier alpha value is -2.00. The minimum Gasteiger partial charge on any atom is -0.618 e. The zero-order valence-electron chi connectivity index (χ0n) is 10.9. The first-order valence-corrected chi connectivity index (χ1v) is 6.28. The first-order valence-electron chi connectivity index (χ1n) is 5.90. The minimum absolute atomic E-state index is 0.518. The summed E-state index contributed by atoms with van der Waals surface area (Å²) in [5.41, 5.74) is 2.46. The van der Waals surface area contributed by atoms with Gasteiger partial charge in [-0.2, -0.15) is 4.74 Å². The van der Waals surface area contributed by atoms with Gasteiger partial charge in [-0.05, 0) is 30.3 Å². The van der Waals surface area contributed by atoms with Crippen LogP contribution in [-0.4, -0.2) is 25.0 Å². The molecule has 0 aliphatic heterocycles. The van der Waals surface area contributed by atoms with Gasteiger partial charge in [-0.15, -0.1) is 0 Å². The molecular weight excluding hydrogens is 260 g/mol. The molecule has 4 heteroatoms. The van der Waals surface area contributed by atoms with Gasteiger partial charge < -0.3 is 10.1 Å². The molecule has 2 aromatic rings. The SMILES string of the molecule is CN(C)c1ccc(C=[N+]([O-])c2cccc(Cl)c2)cc1. The van der Waals surface area contributed by atoms with Crippen LogP contribution < -0.4 is 4.90 Å². The fourth-order valence-corrected chi connectivity index (χ4v) is 1.87. The van der Waals surface area contributed by atoms with E-state index in [0.717, 1.165) is 16.0 Å². The summed E-state index contributed by atoms with van der Waals surface area (Å²) in [6.07, 6.45) is 1.53. The molecule has 19 heavy (non-hydrogen) atoms. The third kappa shape index (κ3) is 3.48. The second kappa shape index (κ2) is 5.76. The molecule has 0 radical (unpaired) electrons. The molecule has 0 fully saturated rings. The van der Waals surface area contributed by atoms with Gasteiger partial charge in [0, 0.05) is 42.5 Å². The monoisotopic (exact) mass is 274 g/mol. The van der Waals surface area contributed by atoms with Crippen LogP contribution in [0.4, 0.5) is 11.4 Å². The molecule has 2 aromatic carbocycles. The van der Waals surface area contributed by atoms with E-state index < -0.39 is 0 Å². The van der Waals surface area contributed by atoms with Crippen molar-refractivity contribution in [2.24, 2.45) is 0 Å². The van der Waals surface area contributed by atoms with Crippen molar-refractivity contribution in [3.8, 4) is 0 Å². The van der Waals surface area contributed by atoms with Crippen molar-refractivity contribution in [2.75, 3.05) is 19.0 Å². The van der Waals surface area contributed by atoms with Gasteiger partial charge in [-0.25, -0.2) is 0 Å². The maximum atomic E-state index is 12.0. The van der Waals surface area contributed by atoms with Crippen molar-refractivity contribution >= 4 is 29.2 Å². The Balaban J connectivity index is 2.25. The summed E-state index contributed by atoms with van der Waals surface area (Å²) >= 11 is 5.86. The number of nitrogens with zero attached hydrogens (tertiary/aromatic N) is 2. The van der Waals surface area contributed by atoms with Crippen molar-refractivity contribution in [1.82, 2.24) is 0 Å². The summed E-state index contributed by atoms with van der Waals surface area (Å²) in [7, 11) is 3.95. The van der Waals surface area contributed by atoms with Crippen LogP contribution in [0.15, 0.2) is 48.5 Å². The highest BCUT2D eigenvalue weighted by molar-refractivity contribution is 6.30. The summed E-state index contributed by atoms with van der Waals surface area (Å²) in [5.74, 6) is 0. The maximum absolute atomic E-state index is 12.0. The lowest BCUT2D eigenvalue weighted by Crippen LogP contribution is -2.08. The summed E-state index contributed by atoms with van der Waals surface area (Å²) < 4.78 is 0.816. The first-order chi connectivity index (χ1) is 9.06. The Labute approximate surface area is 117 Å². The Morgan fingerprint density at radius 2 is 1.79 bits per heavy atom. The lowest BCUT2D eigenvalue weighted by Gasteiger charge is -2.11. The standard InChI is InChI=1S/C15H15ClN2O/c1-17(2)14-8-6-12(7-9-14)11-18(19)15-5-3-4-13(16)10-15/h3-11H,1-2H3. The van der Waals surface area contributed by atoms with Crippen molar-refractivity contribution in [1.29, 1.82) is 0 Å². The molecule has 0 saturated carbocycles. The number of anilines is 1. The Morgan fingerprint density at radius 1 is 1.11 bits per heavy atom. The lowest BCUT2D eigenvalue weighted by atomic mass is 10.2. The topological polar surface area (TPSA) is 29.3 Å². The van der Waals surface area contributed by atoms with Gasteiger partial charge in [0.1, 0.15) is 0 Å². The van der Waals surface area contributed by atoms with E-state index in [9.17, 15) is 5.21 Å². The molecule has 98 valence electrons. The highest BCUT2D eigenvalue weighted by atomic mass is 35.5. The molecule has 0 atom stereocenters. The average Bonchev–Trinajstić information content (AvgIpc) is 2.39. The van der Waals surface area contributed by atoms with Gasteiger partial charge in [-0.1, -0.05) is 17.7 Å². The van der Waals surface area contributed by atoms with Gasteiger partial charge in [0.2, 0.25) is 5.69 Å². The quantitative estimate of drug-likeness (QED) is 0.370. The van der Waals surface area contributed by atoms with Crippen LogP contribution in [-0.2, 0) is 0 Å². The molecule has 0 amide bonds. The molecule has 0 spiro atoms. The summed E-state index contributed by atoms with van der Waals surface area (Å²) in [5, 5.41) is 12.5. The normalized spacial score (nSPS) is 11.4. The molecule has 0 bridgehead atoms. The average molecular weight is 275 g/mol. The van der Waals surface area contributed by atoms with Crippen molar-refractivity contribution < 1.29 is 4.74 Å².